The Hall–Kier alpha value is -2.91. The van der Waals surface area contributed by atoms with Crippen molar-refractivity contribution in [3.8, 4) is 5.75 Å². The van der Waals surface area contributed by atoms with Crippen LogP contribution in [-0.4, -0.2) is 12.2 Å². The van der Waals surface area contributed by atoms with Gasteiger partial charge in [0.15, 0.2) is 0 Å². The fourth-order valence-corrected chi connectivity index (χ4v) is 2.58. The molecule has 0 aromatic heterocycles. The molecule has 3 rings (SSSR count). The summed E-state index contributed by atoms with van der Waals surface area (Å²) < 4.78 is 5.36. The molecule has 3 aromatic carbocycles. The van der Waals surface area contributed by atoms with Crippen molar-refractivity contribution in [2.45, 2.75) is 13.8 Å². The molecule has 0 aliphatic carbocycles. The maximum Gasteiger partial charge on any atom is 0.345 e. The number of hydrogen-bond donors (Lipinski definition) is 0. The molecule has 0 amide bonds. The number of aryl methyl sites for hydroxylation is 2. The van der Waals surface area contributed by atoms with E-state index in [0.717, 1.165) is 11.3 Å². The topological polar surface area (TPSA) is 38.7 Å². The fraction of sp³-hybridized carbons (Fsp3) is 0.0909. The van der Waals surface area contributed by atoms with Gasteiger partial charge in [0.2, 0.25) is 0 Å². The minimum atomic E-state index is -0.479. The highest BCUT2D eigenvalue weighted by Crippen LogP contribution is 2.20. The summed E-state index contributed by atoms with van der Waals surface area (Å²) >= 11 is 6.01. The Bertz CT molecular complexity index is 962. The lowest BCUT2D eigenvalue weighted by atomic mass is 10.1. The van der Waals surface area contributed by atoms with E-state index >= 15 is 0 Å². The van der Waals surface area contributed by atoms with Crippen molar-refractivity contribution in [3.63, 3.8) is 0 Å². The number of aliphatic imine (C=N–C) groups is 1. The van der Waals surface area contributed by atoms with E-state index in [-0.39, 0.29) is 0 Å². The van der Waals surface area contributed by atoms with E-state index in [9.17, 15) is 4.79 Å². The summed E-state index contributed by atoms with van der Waals surface area (Å²) in [6.07, 6.45) is 1.78. The SMILES string of the molecule is Cc1ccc(N=Cc2ccc(OC(=O)c3ccccc3Cl)cc2)cc1C. The maximum absolute atomic E-state index is 12.2. The van der Waals surface area contributed by atoms with E-state index in [1.54, 1.807) is 42.6 Å². The zero-order chi connectivity index (χ0) is 18.5. The second-order valence-corrected chi connectivity index (χ2v) is 6.37. The molecule has 0 saturated heterocycles. The summed E-state index contributed by atoms with van der Waals surface area (Å²) in [5.74, 6) is -0.0228. The number of nitrogens with zero attached hydrogens (tertiary/aromatic N) is 1. The molecule has 0 fully saturated rings. The number of esters is 1. The third-order valence-electron chi connectivity index (χ3n) is 4.04. The van der Waals surface area contributed by atoms with Crippen molar-refractivity contribution in [1.82, 2.24) is 0 Å². The van der Waals surface area contributed by atoms with Gasteiger partial charge in [-0.25, -0.2) is 4.79 Å². The van der Waals surface area contributed by atoms with Crippen molar-refractivity contribution >= 4 is 29.5 Å². The van der Waals surface area contributed by atoms with Crippen LogP contribution < -0.4 is 4.74 Å². The highest BCUT2D eigenvalue weighted by molar-refractivity contribution is 6.33. The van der Waals surface area contributed by atoms with Gasteiger partial charge >= 0.3 is 5.97 Å². The molecule has 0 N–H and O–H groups in total. The molecule has 0 heterocycles. The predicted molar refractivity (Wildman–Crippen MR) is 106 cm³/mol. The smallest absolute Gasteiger partial charge is 0.345 e. The minimum absolute atomic E-state index is 0.342. The van der Waals surface area contributed by atoms with Gasteiger partial charge in [-0.3, -0.25) is 4.99 Å². The van der Waals surface area contributed by atoms with Gasteiger partial charge in [-0.05, 0) is 79.1 Å². The lowest BCUT2D eigenvalue weighted by Crippen LogP contribution is -2.08. The zero-order valence-corrected chi connectivity index (χ0v) is 15.3. The van der Waals surface area contributed by atoms with Crippen molar-refractivity contribution in [1.29, 1.82) is 0 Å². The summed E-state index contributed by atoms with van der Waals surface area (Å²) in [6.45, 7) is 4.14. The average molecular weight is 364 g/mol. The Labute approximate surface area is 157 Å². The molecule has 3 nitrogen and oxygen atoms in total. The monoisotopic (exact) mass is 363 g/mol. The summed E-state index contributed by atoms with van der Waals surface area (Å²) in [4.78, 5) is 16.6. The number of halogens is 1. The Morgan fingerprint density at radius 1 is 0.962 bits per heavy atom. The number of carbonyl (C=O) groups is 1. The summed E-state index contributed by atoms with van der Waals surface area (Å²) in [6, 6.07) is 20.0. The van der Waals surface area contributed by atoms with Gasteiger partial charge in [0.05, 0.1) is 16.3 Å². The molecule has 0 aliphatic heterocycles. The molecule has 0 atom stereocenters. The molecule has 0 saturated carbocycles. The van der Waals surface area contributed by atoms with Crippen LogP contribution in [0, 0.1) is 13.8 Å². The summed E-state index contributed by atoms with van der Waals surface area (Å²) in [5, 5.41) is 0.370. The molecule has 26 heavy (non-hydrogen) atoms. The van der Waals surface area contributed by atoms with Crippen molar-refractivity contribution < 1.29 is 9.53 Å². The second kappa shape index (κ2) is 7.98. The van der Waals surface area contributed by atoms with Crippen LogP contribution in [0.25, 0.3) is 0 Å². The fourth-order valence-electron chi connectivity index (χ4n) is 2.37. The molecule has 0 unspecified atom stereocenters. The van der Waals surface area contributed by atoms with Gasteiger partial charge < -0.3 is 4.74 Å². The molecule has 4 heteroatoms. The first-order valence-electron chi connectivity index (χ1n) is 8.21. The van der Waals surface area contributed by atoms with Crippen LogP contribution in [-0.2, 0) is 0 Å². The first-order valence-corrected chi connectivity index (χ1v) is 8.59. The maximum atomic E-state index is 12.2. The van der Waals surface area contributed by atoms with Crippen LogP contribution >= 0.6 is 11.6 Å². The predicted octanol–water partition coefficient (Wildman–Crippen LogP) is 5.93. The van der Waals surface area contributed by atoms with Crippen LogP contribution in [0.5, 0.6) is 5.75 Å². The third kappa shape index (κ3) is 4.38. The quantitative estimate of drug-likeness (QED) is 0.327. The first-order chi connectivity index (χ1) is 12.5. The van der Waals surface area contributed by atoms with Crippen molar-refractivity contribution in [2.75, 3.05) is 0 Å². The molecular formula is C22H18ClNO2. The van der Waals surface area contributed by atoms with E-state index in [4.69, 9.17) is 16.3 Å². The molecule has 3 aromatic rings. The van der Waals surface area contributed by atoms with Crippen molar-refractivity contribution in [2.24, 2.45) is 4.99 Å². The van der Waals surface area contributed by atoms with E-state index in [1.807, 2.05) is 24.3 Å². The lowest BCUT2D eigenvalue weighted by Gasteiger charge is -2.06. The van der Waals surface area contributed by atoms with Gasteiger partial charge in [-0.1, -0.05) is 29.8 Å². The van der Waals surface area contributed by atoms with Gasteiger partial charge in [0, 0.05) is 6.21 Å². The van der Waals surface area contributed by atoms with Crippen LogP contribution in [0.1, 0.15) is 27.0 Å². The average Bonchev–Trinajstić information content (AvgIpc) is 2.64. The Kier molecular flexibility index (Phi) is 5.49. The number of benzene rings is 3. The number of rotatable bonds is 4. The normalized spacial score (nSPS) is 10.9. The largest absolute Gasteiger partial charge is 0.423 e. The molecule has 130 valence electrons. The van der Waals surface area contributed by atoms with Gasteiger partial charge in [-0.15, -0.1) is 0 Å². The van der Waals surface area contributed by atoms with Crippen LogP contribution in [0.2, 0.25) is 5.02 Å². The molecule has 0 bridgehead atoms. The van der Waals surface area contributed by atoms with Crippen molar-refractivity contribution in [3.05, 3.63) is 94.0 Å². The molecule has 0 radical (unpaired) electrons. The molecule has 0 aliphatic rings. The Morgan fingerprint density at radius 2 is 1.69 bits per heavy atom. The highest BCUT2D eigenvalue weighted by atomic mass is 35.5. The van der Waals surface area contributed by atoms with Crippen LogP contribution in [0.4, 0.5) is 5.69 Å². The van der Waals surface area contributed by atoms with E-state index in [2.05, 4.69) is 24.9 Å². The summed E-state index contributed by atoms with van der Waals surface area (Å²) in [7, 11) is 0. The Morgan fingerprint density at radius 3 is 2.38 bits per heavy atom. The standard InChI is InChI=1S/C22H18ClNO2/c1-15-7-10-18(13-16(15)2)24-14-17-8-11-19(12-9-17)26-22(25)20-5-3-4-6-21(20)23/h3-14H,1-2H3. The highest BCUT2D eigenvalue weighted by Gasteiger charge is 2.11. The van der Waals surface area contributed by atoms with Crippen LogP contribution in [0.15, 0.2) is 71.7 Å². The number of hydrogen-bond acceptors (Lipinski definition) is 3. The first kappa shape index (κ1) is 17.9. The molecule has 0 spiro atoms. The lowest BCUT2D eigenvalue weighted by molar-refractivity contribution is 0.0735. The summed E-state index contributed by atoms with van der Waals surface area (Å²) in [5.41, 5.74) is 4.62. The van der Waals surface area contributed by atoms with Gasteiger partial charge in [0.1, 0.15) is 5.75 Å². The van der Waals surface area contributed by atoms with E-state index < -0.39 is 5.97 Å². The molecular weight excluding hydrogens is 346 g/mol. The second-order valence-electron chi connectivity index (χ2n) is 5.97. The number of ether oxygens (including phenoxy) is 1. The van der Waals surface area contributed by atoms with Gasteiger partial charge in [-0.2, -0.15) is 0 Å². The minimum Gasteiger partial charge on any atom is -0.423 e. The van der Waals surface area contributed by atoms with Gasteiger partial charge in [0.25, 0.3) is 0 Å². The zero-order valence-electron chi connectivity index (χ0n) is 14.6. The van der Waals surface area contributed by atoms with E-state index in [0.29, 0.717) is 16.3 Å². The third-order valence-corrected chi connectivity index (χ3v) is 4.37. The Balaban J connectivity index is 1.68. The van der Waals surface area contributed by atoms with E-state index in [1.165, 1.54) is 11.1 Å². The van der Waals surface area contributed by atoms with Crippen LogP contribution in [0.3, 0.4) is 0 Å². The number of carbonyl (C=O) groups excluding carboxylic acids is 1.